The molecular formula is C16H22ClN3. The Morgan fingerprint density at radius 1 is 1.45 bits per heavy atom. The molecule has 0 amide bonds. The van der Waals surface area contributed by atoms with Gasteiger partial charge >= 0.3 is 0 Å². The number of nitrogens with one attached hydrogen (secondary N) is 1. The van der Waals surface area contributed by atoms with Crippen molar-refractivity contribution < 1.29 is 0 Å². The molecule has 0 aliphatic carbocycles. The van der Waals surface area contributed by atoms with Crippen LogP contribution in [0.2, 0.25) is 5.02 Å². The molecule has 2 rings (SSSR count). The van der Waals surface area contributed by atoms with Crippen molar-refractivity contribution in [3.8, 4) is 6.07 Å². The topological polar surface area (TPSA) is 39.1 Å². The predicted octanol–water partition coefficient (Wildman–Crippen LogP) is 3.57. The molecule has 1 aliphatic heterocycles. The van der Waals surface area contributed by atoms with E-state index < -0.39 is 0 Å². The van der Waals surface area contributed by atoms with Gasteiger partial charge < -0.3 is 10.2 Å². The zero-order valence-electron chi connectivity index (χ0n) is 12.0. The van der Waals surface area contributed by atoms with Gasteiger partial charge in [-0.1, -0.05) is 24.9 Å². The smallest absolute Gasteiger partial charge is 0.101 e. The van der Waals surface area contributed by atoms with E-state index in [0.717, 1.165) is 31.7 Å². The minimum absolute atomic E-state index is 0.515. The molecule has 108 valence electrons. The van der Waals surface area contributed by atoms with Crippen molar-refractivity contribution in [3.05, 3.63) is 28.8 Å². The van der Waals surface area contributed by atoms with Gasteiger partial charge in [0.05, 0.1) is 11.3 Å². The lowest BCUT2D eigenvalue weighted by molar-refractivity contribution is 0.399. The molecule has 0 radical (unpaired) electrons. The van der Waals surface area contributed by atoms with E-state index in [9.17, 15) is 5.26 Å². The summed E-state index contributed by atoms with van der Waals surface area (Å²) >= 11 is 6.11. The van der Waals surface area contributed by atoms with Crippen LogP contribution in [-0.4, -0.2) is 25.7 Å². The Balaban J connectivity index is 2.18. The standard InChI is InChI=1S/C16H22ClN3/c1-2-9-20(12-15-5-3-4-8-19-15)16-10-14(17)7-6-13(16)11-18/h6-7,10,15,19H,2-5,8-9,12H2,1H3. The molecule has 1 atom stereocenters. The molecule has 0 saturated carbocycles. The van der Waals surface area contributed by atoms with Gasteiger partial charge in [-0.15, -0.1) is 0 Å². The minimum atomic E-state index is 0.515. The Morgan fingerprint density at radius 2 is 2.30 bits per heavy atom. The molecule has 1 saturated heterocycles. The number of nitriles is 1. The lowest BCUT2D eigenvalue weighted by atomic mass is 10.0. The van der Waals surface area contributed by atoms with Crippen LogP contribution in [0.25, 0.3) is 0 Å². The summed E-state index contributed by atoms with van der Waals surface area (Å²) in [5.41, 5.74) is 1.67. The fourth-order valence-corrected chi connectivity index (χ4v) is 2.95. The highest BCUT2D eigenvalue weighted by Gasteiger charge is 2.18. The third-order valence-corrected chi connectivity index (χ3v) is 4.00. The van der Waals surface area contributed by atoms with Gasteiger partial charge in [-0.05, 0) is 44.0 Å². The third-order valence-electron chi connectivity index (χ3n) is 3.77. The number of benzene rings is 1. The molecule has 1 unspecified atom stereocenters. The highest BCUT2D eigenvalue weighted by atomic mass is 35.5. The van der Waals surface area contributed by atoms with Crippen molar-refractivity contribution in [2.24, 2.45) is 0 Å². The Hall–Kier alpha value is -1.24. The Morgan fingerprint density at radius 3 is 2.95 bits per heavy atom. The molecule has 20 heavy (non-hydrogen) atoms. The molecule has 1 aliphatic rings. The van der Waals surface area contributed by atoms with E-state index in [-0.39, 0.29) is 0 Å². The first-order chi connectivity index (χ1) is 9.74. The van der Waals surface area contributed by atoms with Gasteiger partial charge in [-0.3, -0.25) is 0 Å². The molecule has 4 heteroatoms. The lowest BCUT2D eigenvalue weighted by Crippen LogP contribution is -2.44. The number of anilines is 1. The molecule has 1 N–H and O–H groups in total. The first kappa shape index (κ1) is 15.2. The summed E-state index contributed by atoms with van der Waals surface area (Å²) in [6.07, 6.45) is 4.83. The van der Waals surface area contributed by atoms with Crippen LogP contribution in [0.4, 0.5) is 5.69 Å². The second-order valence-electron chi connectivity index (χ2n) is 5.37. The van der Waals surface area contributed by atoms with Crippen LogP contribution >= 0.6 is 11.6 Å². The summed E-state index contributed by atoms with van der Waals surface area (Å²) in [4.78, 5) is 2.30. The van der Waals surface area contributed by atoms with E-state index in [1.54, 1.807) is 6.07 Å². The van der Waals surface area contributed by atoms with Crippen LogP contribution in [0.5, 0.6) is 0 Å². The number of halogens is 1. The van der Waals surface area contributed by atoms with E-state index in [4.69, 9.17) is 11.6 Å². The molecule has 1 aromatic rings. The van der Waals surface area contributed by atoms with E-state index >= 15 is 0 Å². The normalized spacial score (nSPS) is 18.6. The van der Waals surface area contributed by atoms with Gasteiger partial charge in [0.25, 0.3) is 0 Å². The average molecular weight is 292 g/mol. The fraction of sp³-hybridized carbons (Fsp3) is 0.562. The van der Waals surface area contributed by atoms with Crippen LogP contribution in [0.3, 0.4) is 0 Å². The van der Waals surface area contributed by atoms with Crippen molar-refractivity contribution in [1.82, 2.24) is 5.32 Å². The zero-order valence-corrected chi connectivity index (χ0v) is 12.8. The summed E-state index contributed by atoms with van der Waals surface area (Å²) in [6, 6.07) is 8.31. The van der Waals surface area contributed by atoms with Crippen molar-refractivity contribution in [2.75, 3.05) is 24.5 Å². The molecule has 1 aromatic carbocycles. The van der Waals surface area contributed by atoms with E-state index in [1.807, 2.05) is 12.1 Å². The van der Waals surface area contributed by atoms with Crippen molar-refractivity contribution in [2.45, 2.75) is 38.6 Å². The molecule has 1 heterocycles. The fourth-order valence-electron chi connectivity index (χ4n) is 2.79. The first-order valence-corrected chi connectivity index (χ1v) is 7.80. The van der Waals surface area contributed by atoms with Crippen molar-refractivity contribution in [3.63, 3.8) is 0 Å². The number of rotatable bonds is 5. The number of hydrogen-bond donors (Lipinski definition) is 1. The number of hydrogen-bond acceptors (Lipinski definition) is 3. The van der Waals surface area contributed by atoms with Crippen molar-refractivity contribution in [1.29, 1.82) is 5.26 Å². The maximum absolute atomic E-state index is 9.30. The van der Waals surface area contributed by atoms with Gasteiger partial charge in [0, 0.05) is 24.2 Å². The number of piperidine rings is 1. The number of nitrogens with zero attached hydrogens (tertiary/aromatic N) is 2. The van der Waals surface area contributed by atoms with Gasteiger partial charge in [0.1, 0.15) is 6.07 Å². The maximum Gasteiger partial charge on any atom is 0.101 e. The second kappa shape index (κ2) is 7.52. The summed E-state index contributed by atoms with van der Waals surface area (Å²) in [6.45, 7) is 5.17. The second-order valence-corrected chi connectivity index (χ2v) is 5.80. The molecule has 0 aromatic heterocycles. The molecule has 3 nitrogen and oxygen atoms in total. The van der Waals surface area contributed by atoms with Crippen molar-refractivity contribution >= 4 is 17.3 Å². The predicted molar refractivity (Wildman–Crippen MR) is 84.3 cm³/mol. The highest BCUT2D eigenvalue weighted by molar-refractivity contribution is 6.30. The monoisotopic (exact) mass is 291 g/mol. The van der Waals surface area contributed by atoms with Crippen LogP contribution in [0.15, 0.2) is 18.2 Å². The zero-order chi connectivity index (χ0) is 14.4. The quantitative estimate of drug-likeness (QED) is 0.901. The minimum Gasteiger partial charge on any atom is -0.369 e. The summed E-state index contributed by atoms with van der Waals surface area (Å²) in [5.74, 6) is 0. The van der Waals surface area contributed by atoms with E-state index in [2.05, 4.69) is 23.2 Å². The first-order valence-electron chi connectivity index (χ1n) is 7.42. The third kappa shape index (κ3) is 3.88. The summed E-state index contributed by atoms with van der Waals surface area (Å²) < 4.78 is 0. The van der Waals surface area contributed by atoms with E-state index in [0.29, 0.717) is 16.6 Å². The molecule has 1 fully saturated rings. The molecule has 0 spiro atoms. The summed E-state index contributed by atoms with van der Waals surface area (Å²) in [7, 11) is 0. The van der Waals surface area contributed by atoms with Gasteiger partial charge in [-0.2, -0.15) is 5.26 Å². The Kier molecular flexibility index (Phi) is 5.70. The van der Waals surface area contributed by atoms with Gasteiger partial charge in [-0.25, -0.2) is 0 Å². The molecular weight excluding hydrogens is 270 g/mol. The van der Waals surface area contributed by atoms with Crippen LogP contribution in [-0.2, 0) is 0 Å². The Bertz CT molecular complexity index is 475. The SMILES string of the molecule is CCCN(CC1CCCCN1)c1cc(Cl)ccc1C#N. The van der Waals surface area contributed by atoms with Crippen LogP contribution in [0, 0.1) is 11.3 Å². The maximum atomic E-state index is 9.30. The van der Waals surface area contributed by atoms with Gasteiger partial charge in [0.2, 0.25) is 0 Å². The largest absolute Gasteiger partial charge is 0.369 e. The van der Waals surface area contributed by atoms with E-state index in [1.165, 1.54) is 19.3 Å². The molecule has 0 bridgehead atoms. The van der Waals surface area contributed by atoms with Gasteiger partial charge in [0.15, 0.2) is 0 Å². The van der Waals surface area contributed by atoms with Crippen LogP contribution < -0.4 is 10.2 Å². The lowest BCUT2D eigenvalue weighted by Gasteiger charge is -2.32. The Labute approximate surface area is 126 Å². The average Bonchev–Trinajstić information content (AvgIpc) is 2.48. The highest BCUT2D eigenvalue weighted by Crippen LogP contribution is 2.25. The summed E-state index contributed by atoms with van der Waals surface area (Å²) in [5, 5.41) is 13.6. The van der Waals surface area contributed by atoms with Crippen LogP contribution in [0.1, 0.15) is 38.2 Å².